The van der Waals surface area contributed by atoms with Crippen LogP contribution in [-0.2, 0) is 11.3 Å². The van der Waals surface area contributed by atoms with Crippen molar-refractivity contribution in [2.45, 2.75) is 32.5 Å². The molecular weight excluding hydrogens is 224 g/mol. The third kappa shape index (κ3) is 3.31. The largest absolute Gasteiger partial charge is 0.377 e. The molecule has 0 aromatic heterocycles. The number of likely N-dealkylation sites (N-methyl/N-ethyl adjacent to an activating group) is 1. The summed E-state index contributed by atoms with van der Waals surface area (Å²) in [5.41, 5.74) is 2.88. The Balaban J connectivity index is 1.97. The molecule has 100 valence electrons. The van der Waals surface area contributed by atoms with Crippen LogP contribution in [0.2, 0.25) is 0 Å². The van der Waals surface area contributed by atoms with Crippen LogP contribution < -0.4 is 5.32 Å². The van der Waals surface area contributed by atoms with Crippen LogP contribution in [0.1, 0.15) is 31.0 Å². The Labute approximate surface area is 110 Å². The molecule has 0 spiro atoms. The van der Waals surface area contributed by atoms with E-state index in [0.717, 1.165) is 26.2 Å². The summed E-state index contributed by atoms with van der Waals surface area (Å²) in [5.74, 6) is 0. The number of hydrogen-bond donors (Lipinski definition) is 1. The third-order valence-corrected chi connectivity index (χ3v) is 3.49. The molecule has 0 bridgehead atoms. The van der Waals surface area contributed by atoms with Crippen LogP contribution in [-0.4, -0.2) is 37.7 Å². The van der Waals surface area contributed by atoms with E-state index in [4.69, 9.17) is 4.74 Å². The molecule has 1 N–H and O–H groups in total. The van der Waals surface area contributed by atoms with E-state index in [1.807, 2.05) is 0 Å². The average molecular weight is 248 g/mol. The van der Waals surface area contributed by atoms with Crippen molar-refractivity contribution < 1.29 is 4.74 Å². The summed E-state index contributed by atoms with van der Waals surface area (Å²) < 4.78 is 5.63. The van der Waals surface area contributed by atoms with Crippen molar-refractivity contribution >= 4 is 0 Å². The van der Waals surface area contributed by atoms with Crippen LogP contribution in [0.3, 0.4) is 0 Å². The molecule has 2 rings (SSSR count). The molecule has 0 radical (unpaired) electrons. The van der Waals surface area contributed by atoms with Gasteiger partial charge in [0, 0.05) is 25.7 Å². The Kier molecular flexibility index (Phi) is 4.75. The first-order valence-electron chi connectivity index (χ1n) is 6.79. The minimum Gasteiger partial charge on any atom is -0.377 e. The van der Waals surface area contributed by atoms with E-state index in [0.29, 0.717) is 12.1 Å². The zero-order chi connectivity index (χ0) is 13.0. The SMILES string of the molecule is CC(C)OCCN(C)C1CNCc2ccccc21. The lowest BCUT2D eigenvalue weighted by atomic mass is 9.96. The highest BCUT2D eigenvalue weighted by Crippen LogP contribution is 2.25. The minimum absolute atomic E-state index is 0.315. The lowest BCUT2D eigenvalue weighted by Crippen LogP contribution is -2.39. The number of nitrogens with zero attached hydrogens (tertiary/aromatic N) is 1. The average Bonchev–Trinajstić information content (AvgIpc) is 2.37. The van der Waals surface area contributed by atoms with E-state index >= 15 is 0 Å². The first-order valence-corrected chi connectivity index (χ1v) is 6.79. The fourth-order valence-corrected chi connectivity index (χ4v) is 2.46. The molecule has 1 aliphatic heterocycles. The van der Waals surface area contributed by atoms with Crippen molar-refractivity contribution in [3.05, 3.63) is 35.4 Å². The normalized spacial score (nSPS) is 19.3. The van der Waals surface area contributed by atoms with Crippen molar-refractivity contribution in [1.82, 2.24) is 10.2 Å². The van der Waals surface area contributed by atoms with Crippen LogP contribution in [0.25, 0.3) is 0 Å². The molecule has 0 fully saturated rings. The highest BCUT2D eigenvalue weighted by atomic mass is 16.5. The minimum atomic E-state index is 0.315. The van der Waals surface area contributed by atoms with Crippen LogP contribution in [0.4, 0.5) is 0 Å². The lowest BCUT2D eigenvalue weighted by molar-refractivity contribution is 0.0548. The van der Waals surface area contributed by atoms with Crippen LogP contribution in [0, 0.1) is 0 Å². The van der Waals surface area contributed by atoms with Gasteiger partial charge in [-0.3, -0.25) is 4.90 Å². The highest BCUT2D eigenvalue weighted by Gasteiger charge is 2.22. The first-order chi connectivity index (χ1) is 8.68. The summed E-state index contributed by atoms with van der Waals surface area (Å²) in [5, 5.41) is 3.49. The second kappa shape index (κ2) is 6.32. The Bertz CT molecular complexity index is 379. The molecule has 1 aromatic rings. The molecular formula is C15H24N2O. The Morgan fingerprint density at radius 2 is 2.17 bits per heavy atom. The van der Waals surface area contributed by atoms with Crippen LogP contribution >= 0.6 is 0 Å². The molecule has 1 heterocycles. The van der Waals surface area contributed by atoms with E-state index in [-0.39, 0.29) is 0 Å². The molecule has 3 heteroatoms. The lowest BCUT2D eigenvalue weighted by Gasteiger charge is -2.33. The van der Waals surface area contributed by atoms with Gasteiger partial charge < -0.3 is 10.1 Å². The quantitative estimate of drug-likeness (QED) is 0.864. The molecule has 3 nitrogen and oxygen atoms in total. The number of hydrogen-bond acceptors (Lipinski definition) is 3. The predicted octanol–water partition coefficient (Wildman–Crippen LogP) is 2.19. The fourth-order valence-electron chi connectivity index (χ4n) is 2.46. The smallest absolute Gasteiger partial charge is 0.0597 e. The van der Waals surface area contributed by atoms with Gasteiger partial charge in [0.2, 0.25) is 0 Å². The Morgan fingerprint density at radius 1 is 1.39 bits per heavy atom. The summed E-state index contributed by atoms with van der Waals surface area (Å²) >= 11 is 0. The molecule has 18 heavy (non-hydrogen) atoms. The van der Waals surface area contributed by atoms with E-state index in [1.165, 1.54) is 11.1 Å². The van der Waals surface area contributed by atoms with Gasteiger partial charge in [0.1, 0.15) is 0 Å². The summed E-state index contributed by atoms with van der Waals surface area (Å²) in [7, 11) is 2.18. The summed E-state index contributed by atoms with van der Waals surface area (Å²) in [6.45, 7) is 7.94. The van der Waals surface area contributed by atoms with Gasteiger partial charge in [-0.25, -0.2) is 0 Å². The maximum Gasteiger partial charge on any atom is 0.0597 e. The van der Waals surface area contributed by atoms with Crippen LogP contribution in [0.5, 0.6) is 0 Å². The van der Waals surface area contributed by atoms with Crippen molar-refractivity contribution in [2.75, 3.05) is 26.7 Å². The highest BCUT2D eigenvalue weighted by molar-refractivity contribution is 5.32. The number of nitrogens with one attached hydrogen (secondary N) is 1. The van der Waals surface area contributed by atoms with Gasteiger partial charge in [-0.15, -0.1) is 0 Å². The molecule has 0 saturated heterocycles. The van der Waals surface area contributed by atoms with E-state index in [2.05, 4.69) is 55.4 Å². The topological polar surface area (TPSA) is 24.5 Å². The molecule has 1 aromatic carbocycles. The molecule has 1 atom stereocenters. The maximum absolute atomic E-state index is 5.63. The number of benzene rings is 1. The maximum atomic E-state index is 5.63. The number of fused-ring (bicyclic) bond motifs is 1. The first kappa shape index (κ1) is 13.5. The van der Waals surface area contributed by atoms with Gasteiger partial charge in [-0.05, 0) is 32.0 Å². The summed E-state index contributed by atoms with van der Waals surface area (Å²) in [6.07, 6.45) is 0.315. The summed E-state index contributed by atoms with van der Waals surface area (Å²) in [6, 6.07) is 9.18. The number of ether oxygens (including phenoxy) is 1. The number of rotatable bonds is 5. The van der Waals surface area contributed by atoms with Crippen LogP contribution in [0.15, 0.2) is 24.3 Å². The van der Waals surface area contributed by atoms with E-state index < -0.39 is 0 Å². The standard InChI is InChI=1S/C15H24N2O/c1-12(2)18-9-8-17(3)15-11-16-10-13-6-4-5-7-14(13)15/h4-7,12,15-16H,8-11H2,1-3H3. The third-order valence-electron chi connectivity index (χ3n) is 3.49. The van der Waals surface area contributed by atoms with Gasteiger partial charge in [0.25, 0.3) is 0 Å². The van der Waals surface area contributed by atoms with Crippen molar-refractivity contribution in [2.24, 2.45) is 0 Å². The zero-order valence-corrected chi connectivity index (χ0v) is 11.6. The van der Waals surface area contributed by atoms with Crippen molar-refractivity contribution in [3.8, 4) is 0 Å². The Morgan fingerprint density at radius 3 is 2.94 bits per heavy atom. The molecule has 1 unspecified atom stereocenters. The fraction of sp³-hybridized carbons (Fsp3) is 0.600. The second-order valence-corrected chi connectivity index (χ2v) is 5.25. The van der Waals surface area contributed by atoms with Gasteiger partial charge >= 0.3 is 0 Å². The van der Waals surface area contributed by atoms with Crippen molar-refractivity contribution in [3.63, 3.8) is 0 Å². The summed E-state index contributed by atoms with van der Waals surface area (Å²) in [4.78, 5) is 2.38. The van der Waals surface area contributed by atoms with Gasteiger partial charge in [0.15, 0.2) is 0 Å². The molecule has 0 saturated carbocycles. The van der Waals surface area contributed by atoms with Gasteiger partial charge in [-0.2, -0.15) is 0 Å². The Hall–Kier alpha value is -0.900. The molecule has 0 amide bonds. The van der Waals surface area contributed by atoms with E-state index in [1.54, 1.807) is 0 Å². The zero-order valence-electron chi connectivity index (χ0n) is 11.6. The van der Waals surface area contributed by atoms with E-state index in [9.17, 15) is 0 Å². The monoisotopic (exact) mass is 248 g/mol. The van der Waals surface area contributed by atoms with Crippen molar-refractivity contribution in [1.29, 1.82) is 0 Å². The second-order valence-electron chi connectivity index (χ2n) is 5.25. The molecule has 0 aliphatic carbocycles. The molecule has 1 aliphatic rings. The van der Waals surface area contributed by atoms with Gasteiger partial charge in [-0.1, -0.05) is 24.3 Å². The van der Waals surface area contributed by atoms with Gasteiger partial charge in [0.05, 0.1) is 12.7 Å². The predicted molar refractivity (Wildman–Crippen MR) is 74.6 cm³/mol.